The standard InChI is InChI=1S/C27H32FN.W/c1-19(2)17-21(5)15-16-29-26(20(3)4)18-25(22-9-7-6-8-10-22)27(29)23-11-13-24(28)14-12-23;/h6-14,18-21H,1,5,15-17H2,2-4H3;/q-2;+2/t19-,21+;/m0./s1. The van der Waals surface area contributed by atoms with E-state index in [1.54, 1.807) is 12.1 Å². The first kappa shape index (κ1) is 24.6. The van der Waals surface area contributed by atoms with Gasteiger partial charge < -0.3 is 18.4 Å². The van der Waals surface area contributed by atoms with Crippen LogP contribution in [-0.4, -0.2) is 4.57 Å². The molecule has 0 bridgehead atoms. The van der Waals surface area contributed by atoms with Crippen molar-refractivity contribution in [2.24, 2.45) is 11.8 Å². The molecule has 0 radical (unpaired) electrons. The smallest absolute Gasteiger partial charge is 0.344 e. The summed E-state index contributed by atoms with van der Waals surface area (Å²) in [4.78, 5) is 0. The third kappa shape index (κ3) is 5.94. The number of benzene rings is 2. The second kappa shape index (κ2) is 11.1. The van der Waals surface area contributed by atoms with Gasteiger partial charge >= 0.3 is 21.1 Å². The van der Waals surface area contributed by atoms with Crippen LogP contribution in [0.1, 0.15) is 45.2 Å². The average Bonchev–Trinajstić information content (AvgIpc) is 3.07. The van der Waals surface area contributed by atoms with Crippen LogP contribution in [0.2, 0.25) is 0 Å². The van der Waals surface area contributed by atoms with E-state index in [2.05, 4.69) is 69.5 Å². The van der Waals surface area contributed by atoms with Crippen LogP contribution in [0.4, 0.5) is 4.39 Å². The summed E-state index contributed by atoms with van der Waals surface area (Å²) in [7, 11) is 0. The van der Waals surface area contributed by atoms with Crippen molar-refractivity contribution in [2.75, 3.05) is 0 Å². The van der Waals surface area contributed by atoms with Crippen LogP contribution in [0.3, 0.4) is 0 Å². The Morgan fingerprint density at radius 2 is 1.53 bits per heavy atom. The summed E-state index contributed by atoms with van der Waals surface area (Å²) in [5.74, 6) is 0.954. The fraction of sp³-hybridized carbons (Fsp3) is 0.333. The zero-order valence-corrected chi connectivity index (χ0v) is 21.2. The number of aromatic nitrogens is 1. The third-order valence-electron chi connectivity index (χ3n) is 5.42. The van der Waals surface area contributed by atoms with Gasteiger partial charge in [-0.15, -0.1) is 6.42 Å². The Kier molecular flexibility index (Phi) is 9.10. The molecule has 30 heavy (non-hydrogen) atoms. The summed E-state index contributed by atoms with van der Waals surface area (Å²) >= 11 is 0. The minimum absolute atomic E-state index is 0. The monoisotopic (exact) mass is 573 g/mol. The molecule has 0 spiro atoms. The Bertz CT molecular complexity index is 910. The number of hydrogen-bond donors (Lipinski definition) is 0. The maximum atomic E-state index is 13.6. The van der Waals surface area contributed by atoms with Gasteiger partial charge in [0.15, 0.2) is 0 Å². The molecule has 0 aliphatic rings. The number of hydrogen-bond acceptors (Lipinski definition) is 0. The molecule has 0 amide bonds. The normalized spacial score (nSPS) is 13.2. The second-order valence-electron chi connectivity index (χ2n) is 8.51. The van der Waals surface area contributed by atoms with Crippen LogP contribution in [-0.2, 0) is 27.6 Å². The Morgan fingerprint density at radius 1 is 0.900 bits per heavy atom. The van der Waals surface area contributed by atoms with Gasteiger partial charge in [-0.05, 0) is 47.4 Å². The van der Waals surface area contributed by atoms with Crippen LogP contribution < -0.4 is 0 Å². The van der Waals surface area contributed by atoms with Crippen molar-refractivity contribution in [1.29, 1.82) is 0 Å². The molecule has 0 aliphatic carbocycles. The maximum Gasteiger partial charge on any atom is 2.00 e. The first-order chi connectivity index (χ1) is 13.9. The molecule has 0 saturated heterocycles. The van der Waals surface area contributed by atoms with Gasteiger partial charge in [0.1, 0.15) is 5.82 Å². The largest absolute Gasteiger partial charge is 2.00 e. The van der Waals surface area contributed by atoms with E-state index in [0.717, 1.165) is 30.6 Å². The van der Waals surface area contributed by atoms with Gasteiger partial charge in [-0.25, -0.2) is 4.39 Å². The molecule has 0 saturated carbocycles. The average molecular weight is 573 g/mol. The molecule has 1 aromatic heterocycles. The fourth-order valence-electron chi connectivity index (χ4n) is 4.04. The van der Waals surface area contributed by atoms with E-state index in [9.17, 15) is 4.39 Å². The third-order valence-corrected chi connectivity index (χ3v) is 5.42. The predicted molar refractivity (Wildman–Crippen MR) is 122 cm³/mol. The van der Waals surface area contributed by atoms with Gasteiger partial charge in [-0.1, -0.05) is 57.5 Å². The maximum absolute atomic E-state index is 13.6. The molecule has 3 rings (SSSR count). The van der Waals surface area contributed by atoms with Crippen molar-refractivity contribution in [3.8, 4) is 22.4 Å². The first-order valence-electron chi connectivity index (χ1n) is 10.6. The van der Waals surface area contributed by atoms with Crippen molar-refractivity contribution < 1.29 is 25.5 Å². The molecule has 158 valence electrons. The van der Waals surface area contributed by atoms with E-state index >= 15 is 0 Å². The van der Waals surface area contributed by atoms with E-state index in [4.69, 9.17) is 0 Å². The number of rotatable bonds is 8. The van der Waals surface area contributed by atoms with Gasteiger partial charge in [0.2, 0.25) is 0 Å². The van der Waals surface area contributed by atoms with Gasteiger partial charge in [0, 0.05) is 17.8 Å². The van der Waals surface area contributed by atoms with Crippen molar-refractivity contribution in [3.63, 3.8) is 0 Å². The molecule has 0 unspecified atom stereocenters. The van der Waals surface area contributed by atoms with Gasteiger partial charge in [-0.3, -0.25) is 0 Å². The summed E-state index contributed by atoms with van der Waals surface area (Å²) in [5, 5.41) is 0. The van der Waals surface area contributed by atoms with E-state index in [1.165, 1.54) is 16.8 Å². The molecule has 2 aromatic carbocycles. The number of halogens is 1. The minimum atomic E-state index is -0.209. The number of nitrogens with zero attached hydrogens (tertiary/aromatic N) is 1. The van der Waals surface area contributed by atoms with Crippen molar-refractivity contribution in [3.05, 3.63) is 86.0 Å². The summed E-state index contributed by atoms with van der Waals surface area (Å²) in [6, 6.07) is 19.6. The van der Waals surface area contributed by atoms with Gasteiger partial charge in [0.05, 0.1) is 5.69 Å². The Labute approximate surface area is 196 Å². The van der Waals surface area contributed by atoms with Crippen LogP contribution in [0.15, 0.2) is 60.7 Å². The van der Waals surface area contributed by atoms with Crippen molar-refractivity contribution >= 4 is 0 Å². The predicted octanol–water partition coefficient (Wildman–Crippen LogP) is 7.78. The molecule has 0 N–H and O–H groups in total. The molecular formula is C27H32FNW. The molecule has 0 aliphatic heterocycles. The van der Waals surface area contributed by atoms with E-state index < -0.39 is 0 Å². The van der Waals surface area contributed by atoms with Crippen molar-refractivity contribution in [1.82, 2.24) is 4.57 Å². The molecule has 0 fully saturated rings. The van der Waals surface area contributed by atoms with E-state index in [1.807, 2.05) is 18.2 Å². The molecule has 3 heteroatoms. The Morgan fingerprint density at radius 3 is 2.10 bits per heavy atom. The van der Waals surface area contributed by atoms with E-state index in [0.29, 0.717) is 17.8 Å². The summed E-state index contributed by atoms with van der Waals surface area (Å²) < 4.78 is 16.0. The van der Waals surface area contributed by atoms with Crippen LogP contribution in [0.5, 0.6) is 0 Å². The van der Waals surface area contributed by atoms with Gasteiger partial charge in [0.25, 0.3) is 0 Å². The SMILES string of the molecule is [CH2-][C@H](CCn1c(C(C)C)cc(-c2ccccc2)c1-c1ccc(F)cc1)C[C@@H]([CH2-])C.[W+2]. The molecular weight excluding hydrogens is 541 g/mol. The quantitative estimate of drug-likeness (QED) is 0.243. The van der Waals surface area contributed by atoms with Gasteiger partial charge in [-0.2, -0.15) is 11.8 Å². The van der Waals surface area contributed by atoms with Crippen LogP contribution in [0, 0.1) is 31.5 Å². The Hall–Kier alpha value is -1.66. The van der Waals surface area contributed by atoms with Crippen LogP contribution in [0.25, 0.3) is 22.4 Å². The van der Waals surface area contributed by atoms with E-state index in [-0.39, 0.29) is 26.9 Å². The minimum Gasteiger partial charge on any atom is -0.344 e. The fourth-order valence-corrected chi connectivity index (χ4v) is 4.04. The molecule has 2 atom stereocenters. The zero-order chi connectivity index (χ0) is 21.0. The Balaban J connectivity index is 0.00000320. The first-order valence-corrected chi connectivity index (χ1v) is 10.6. The molecule has 1 heterocycles. The summed E-state index contributed by atoms with van der Waals surface area (Å²) in [6.07, 6.45) is 2.02. The topological polar surface area (TPSA) is 4.93 Å². The van der Waals surface area contributed by atoms with Crippen LogP contribution >= 0.6 is 0 Å². The summed E-state index contributed by atoms with van der Waals surface area (Å²) in [5.41, 5.74) is 5.90. The molecule has 3 aromatic rings. The second-order valence-corrected chi connectivity index (χ2v) is 8.51. The molecule has 1 nitrogen and oxygen atoms in total. The zero-order valence-electron chi connectivity index (χ0n) is 18.3. The summed E-state index contributed by atoms with van der Waals surface area (Å²) in [6.45, 7) is 16.0. The van der Waals surface area contributed by atoms with Crippen molar-refractivity contribution in [2.45, 2.75) is 46.1 Å².